The molecule has 5 nitrogen and oxygen atoms in total. The van der Waals surface area contributed by atoms with Crippen LogP contribution in [0.25, 0.3) is 22.4 Å². The molecule has 0 spiro atoms. The molecule has 0 atom stereocenters. The van der Waals surface area contributed by atoms with Crippen LogP contribution in [0.4, 0.5) is 13.2 Å². The lowest BCUT2D eigenvalue weighted by Gasteiger charge is -2.11. The summed E-state index contributed by atoms with van der Waals surface area (Å²) in [5.41, 5.74) is 0.763. The number of sulfonamides is 1. The van der Waals surface area contributed by atoms with Crippen molar-refractivity contribution in [2.75, 3.05) is 4.83 Å². The van der Waals surface area contributed by atoms with Crippen molar-refractivity contribution < 1.29 is 21.6 Å². The van der Waals surface area contributed by atoms with E-state index < -0.39 is 21.9 Å². The lowest BCUT2D eigenvalue weighted by Crippen LogP contribution is -2.25. The van der Waals surface area contributed by atoms with Gasteiger partial charge < -0.3 is 0 Å². The van der Waals surface area contributed by atoms with Gasteiger partial charge in [0.05, 0.1) is 10.6 Å². The first-order valence-electron chi connectivity index (χ1n) is 9.25. The predicted molar refractivity (Wildman–Crippen MR) is 116 cm³/mol. The Morgan fingerprint density at radius 1 is 0.812 bits per heavy atom. The number of hydrogen-bond donors (Lipinski definition) is 1. The van der Waals surface area contributed by atoms with Crippen molar-refractivity contribution in [1.82, 2.24) is 9.89 Å². The van der Waals surface area contributed by atoms with Crippen LogP contribution in [0.15, 0.2) is 89.8 Å². The molecule has 1 N–H and O–H groups in total. The van der Waals surface area contributed by atoms with Crippen LogP contribution < -0.4 is 4.83 Å². The number of rotatable bonds is 5. The Balaban J connectivity index is 1.73. The predicted octanol–water partition coefficient (Wildman–Crippen LogP) is 5.82. The molecular weight excluding hydrogens is 463 g/mol. The molecule has 0 amide bonds. The highest BCUT2D eigenvalue weighted by molar-refractivity contribution is 7.92. The van der Waals surface area contributed by atoms with E-state index in [2.05, 4.69) is 9.93 Å². The lowest BCUT2D eigenvalue weighted by molar-refractivity contribution is -0.141. The third-order valence-corrected chi connectivity index (χ3v) is 6.18. The van der Waals surface area contributed by atoms with Crippen LogP contribution in [0.2, 0.25) is 5.02 Å². The Kier molecular flexibility index (Phi) is 5.70. The van der Waals surface area contributed by atoms with Crippen LogP contribution in [0.1, 0.15) is 5.69 Å². The number of benzene rings is 3. The fourth-order valence-corrected chi connectivity index (χ4v) is 4.15. The maximum absolute atomic E-state index is 13.3. The van der Waals surface area contributed by atoms with Crippen molar-refractivity contribution in [3.8, 4) is 22.4 Å². The standard InChI is InChI=1S/C22H15ClF3N3O2S/c23-18-12-10-16(11-13-18)15-6-8-17(9-7-15)20-14-21(22(24,25)26)27-29(20)28-32(30,31)19-4-2-1-3-5-19/h1-14,28H. The normalized spacial score (nSPS) is 12.0. The van der Waals surface area contributed by atoms with Gasteiger partial charge in [0.15, 0.2) is 5.69 Å². The highest BCUT2D eigenvalue weighted by Gasteiger charge is 2.35. The molecule has 0 bridgehead atoms. The highest BCUT2D eigenvalue weighted by atomic mass is 35.5. The molecule has 0 fully saturated rings. The van der Waals surface area contributed by atoms with Gasteiger partial charge in [0.2, 0.25) is 0 Å². The monoisotopic (exact) mass is 477 g/mol. The van der Waals surface area contributed by atoms with E-state index >= 15 is 0 Å². The van der Waals surface area contributed by atoms with Crippen molar-refractivity contribution >= 4 is 21.6 Å². The average Bonchev–Trinajstić information content (AvgIpc) is 3.19. The summed E-state index contributed by atoms with van der Waals surface area (Å²) < 4.78 is 65.2. The van der Waals surface area contributed by atoms with Crippen molar-refractivity contribution in [2.45, 2.75) is 11.1 Å². The highest BCUT2D eigenvalue weighted by Crippen LogP contribution is 2.32. The quantitative estimate of drug-likeness (QED) is 0.394. The molecule has 164 valence electrons. The van der Waals surface area contributed by atoms with Crippen LogP contribution in [-0.4, -0.2) is 18.3 Å². The second-order valence-electron chi connectivity index (χ2n) is 6.82. The number of hydrogen-bond acceptors (Lipinski definition) is 3. The van der Waals surface area contributed by atoms with E-state index in [4.69, 9.17) is 11.6 Å². The Morgan fingerprint density at radius 3 is 1.91 bits per heavy atom. The molecule has 0 saturated heterocycles. The van der Waals surface area contributed by atoms with Crippen LogP contribution in [0.3, 0.4) is 0 Å². The molecule has 4 rings (SSSR count). The number of alkyl halides is 3. The van der Waals surface area contributed by atoms with Gasteiger partial charge in [0.1, 0.15) is 0 Å². The van der Waals surface area contributed by atoms with Gasteiger partial charge in [-0.15, -0.1) is 5.10 Å². The molecule has 0 radical (unpaired) electrons. The van der Waals surface area contributed by atoms with E-state index in [0.717, 1.165) is 17.2 Å². The molecule has 10 heteroatoms. The van der Waals surface area contributed by atoms with E-state index in [9.17, 15) is 21.6 Å². The third-order valence-electron chi connectivity index (χ3n) is 4.62. The van der Waals surface area contributed by atoms with Crippen LogP contribution >= 0.6 is 11.6 Å². The SMILES string of the molecule is O=S(=O)(Nn1nc(C(F)(F)F)cc1-c1ccc(-c2ccc(Cl)cc2)cc1)c1ccccc1. The summed E-state index contributed by atoms with van der Waals surface area (Å²) in [4.78, 5) is 2.63. The molecule has 0 aliphatic rings. The van der Waals surface area contributed by atoms with Crippen LogP contribution in [0.5, 0.6) is 0 Å². The van der Waals surface area contributed by atoms with Crippen molar-refractivity contribution in [2.24, 2.45) is 0 Å². The summed E-state index contributed by atoms with van der Waals surface area (Å²) in [5, 5.41) is 4.03. The smallest absolute Gasteiger partial charge is 0.200 e. The van der Waals surface area contributed by atoms with Crippen LogP contribution in [-0.2, 0) is 16.2 Å². The topological polar surface area (TPSA) is 64.0 Å². The molecular formula is C22H15ClF3N3O2S. The fraction of sp³-hybridized carbons (Fsp3) is 0.0455. The Labute approximate surface area is 187 Å². The third kappa shape index (κ3) is 4.63. The summed E-state index contributed by atoms with van der Waals surface area (Å²) in [6, 6.07) is 21.8. The van der Waals surface area contributed by atoms with Crippen molar-refractivity contribution in [3.63, 3.8) is 0 Å². The Morgan fingerprint density at radius 2 is 1.34 bits per heavy atom. The van der Waals surface area contributed by atoms with E-state index in [-0.39, 0.29) is 10.6 Å². The van der Waals surface area contributed by atoms with E-state index in [1.54, 1.807) is 42.5 Å². The first kappa shape index (κ1) is 21.9. The minimum absolute atomic E-state index is 0.0560. The second-order valence-corrected chi connectivity index (χ2v) is 8.91. The molecule has 1 heterocycles. The molecule has 0 saturated carbocycles. The summed E-state index contributed by atoms with van der Waals surface area (Å²) in [6.07, 6.45) is -4.75. The van der Waals surface area contributed by atoms with Gasteiger partial charge in [-0.2, -0.15) is 31.2 Å². The van der Waals surface area contributed by atoms with Gasteiger partial charge in [-0.3, -0.25) is 0 Å². The van der Waals surface area contributed by atoms with Gasteiger partial charge in [0.25, 0.3) is 10.0 Å². The van der Waals surface area contributed by atoms with E-state index in [0.29, 0.717) is 15.4 Å². The average molecular weight is 478 g/mol. The van der Waals surface area contributed by atoms with Gasteiger partial charge in [0, 0.05) is 10.6 Å². The van der Waals surface area contributed by atoms with E-state index in [1.165, 1.54) is 24.3 Å². The first-order chi connectivity index (χ1) is 15.1. The zero-order valence-corrected chi connectivity index (χ0v) is 17.8. The molecule has 1 aromatic heterocycles. The zero-order valence-electron chi connectivity index (χ0n) is 16.2. The largest absolute Gasteiger partial charge is 0.435 e. The summed E-state index contributed by atoms with van der Waals surface area (Å²) in [5.74, 6) is 0. The minimum Gasteiger partial charge on any atom is -0.200 e. The number of nitrogens with zero attached hydrogens (tertiary/aromatic N) is 2. The van der Waals surface area contributed by atoms with Gasteiger partial charge in [-0.25, -0.2) is 0 Å². The number of nitrogens with one attached hydrogen (secondary N) is 1. The minimum atomic E-state index is -4.75. The second kappa shape index (κ2) is 8.33. The zero-order chi connectivity index (χ0) is 22.9. The number of halogens is 4. The lowest BCUT2D eigenvalue weighted by atomic mass is 10.0. The first-order valence-corrected chi connectivity index (χ1v) is 11.1. The molecule has 0 aliphatic heterocycles. The summed E-state index contributed by atoms with van der Waals surface area (Å²) >= 11 is 5.90. The Bertz CT molecular complexity index is 1340. The van der Waals surface area contributed by atoms with Crippen molar-refractivity contribution in [1.29, 1.82) is 0 Å². The molecule has 0 unspecified atom stereocenters. The molecule has 32 heavy (non-hydrogen) atoms. The van der Waals surface area contributed by atoms with Gasteiger partial charge in [-0.1, -0.05) is 66.2 Å². The maximum Gasteiger partial charge on any atom is 0.435 e. The van der Waals surface area contributed by atoms with E-state index in [1.807, 2.05) is 12.1 Å². The molecule has 0 aliphatic carbocycles. The van der Waals surface area contributed by atoms with Gasteiger partial charge in [-0.05, 0) is 41.5 Å². The fourth-order valence-electron chi connectivity index (χ4n) is 3.04. The van der Waals surface area contributed by atoms with Crippen molar-refractivity contribution in [3.05, 3.63) is 95.6 Å². The summed E-state index contributed by atoms with van der Waals surface area (Å²) in [6.45, 7) is 0. The molecule has 4 aromatic rings. The van der Waals surface area contributed by atoms with Crippen LogP contribution in [0, 0.1) is 0 Å². The molecule has 3 aromatic carbocycles. The van der Waals surface area contributed by atoms with Gasteiger partial charge >= 0.3 is 6.18 Å². The summed E-state index contributed by atoms with van der Waals surface area (Å²) in [7, 11) is -4.16. The Hall–Kier alpha value is -3.30. The maximum atomic E-state index is 13.3. The number of aromatic nitrogens is 2.